The molecule has 4 rings (SSSR count). The minimum atomic E-state index is -1.56. The largest absolute Gasteiger partial charge is 0.481 e. The van der Waals surface area contributed by atoms with Crippen molar-refractivity contribution in [2.45, 2.75) is 31.3 Å². The van der Waals surface area contributed by atoms with Crippen LogP contribution in [0.1, 0.15) is 42.4 Å². The second-order valence-electron chi connectivity index (χ2n) is 10.4. The summed E-state index contributed by atoms with van der Waals surface area (Å²) >= 11 is 3.59. The summed E-state index contributed by atoms with van der Waals surface area (Å²) in [4.78, 5) is 15.8. The number of methoxy groups -OCH3 is 4. The minimum Gasteiger partial charge on any atom is -0.481 e. The quantitative estimate of drug-likeness (QED) is 0.185. The summed E-state index contributed by atoms with van der Waals surface area (Å²) in [6.45, 7) is 3.05. The predicted octanol–water partition coefficient (Wildman–Crippen LogP) is 5.58. The second-order valence-corrected chi connectivity index (χ2v) is 11.3. The maximum atomic E-state index is 13.2. The number of ether oxygens (including phenoxy) is 5. The second kappa shape index (κ2) is 14.2. The van der Waals surface area contributed by atoms with Crippen molar-refractivity contribution in [3.8, 4) is 29.4 Å². The summed E-state index contributed by atoms with van der Waals surface area (Å²) in [5, 5.41) is 14.0. The van der Waals surface area contributed by atoms with Gasteiger partial charge >= 0.3 is 0 Å². The lowest BCUT2D eigenvalue weighted by Crippen LogP contribution is -2.38. The van der Waals surface area contributed by atoms with Crippen molar-refractivity contribution in [1.82, 2.24) is 19.9 Å². The molecule has 230 valence electrons. The molecule has 4 aromatic rings. The molecule has 0 saturated carbocycles. The number of benzene rings is 1. The Morgan fingerprint density at radius 1 is 0.837 bits per heavy atom. The van der Waals surface area contributed by atoms with Crippen molar-refractivity contribution in [3.05, 3.63) is 69.7 Å². The van der Waals surface area contributed by atoms with Gasteiger partial charge in [0, 0.05) is 52.2 Å². The molecule has 1 N–H and O–H groups in total. The van der Waals surface area contributed by atoms with E-state index in [-0.39, 0.29) is 0 Å². The van der Waals surface area contributed by atoms with Crippen LogP contribution >= 0.6 is 15.9 Å². The Balaban J connectivity index is 2.11. The van der Waals surface area contributed by atoms with Gasteiger partial charge in [-0.05, 0) is 62.3 Å². The van der Waals surface area contributed by atoms with Gasteiger partial charge in [0.15, 0.2) is 0 Å². The van der Waals surface area contributed by atoms with Gasteiger partial charge in [-0.1, -0.05) is 22.9 Å². The highest BCUT2D eigenvalue weighted by atomic mass is 79.9. The molecule has 3 aromatic heterocycles. The molecule has 2 atom stereocenters. The van der Waals surface area contributed by atoms with Crippen LogP contribution in [-0.2, 0) is 5.60 Å². The third kappa shape index (κ3) is 7.29. The lowest BCUT2D eigenvalue weighted by molar-refractivity contribution is 0.00319. The average Bonchev–Trinajstić information content (AvgIpc) is 3.02. The van der Waals surface area contributed by atoms with E-state index in [0.717, 1.165) is 21.8 Å². The normalized spacial score (nSPS) is 13.4. The van der Waals surface area contributed by atoms with Gasteiger partial charge in [0.05, 0.1) is 40.6 Å². The van der Waals surface area contributed by atoms with Gasteiger partial charge in [0.2, 0.25) is 29.4 Å². The number of aromatic nitrogens is 3. The molecule has 3 heterocycles. The summed E-state index contributed by atoms with van der Waals surface area (Å²) in [5.41, 5.74) is 1.11. The molecular weight excluding hydrogens is 616 g/mol. The van der Waals surface area contributed by atoms with Crippen molar-refractivity contribution in [1.29, 1.82) is 0 Å². The van der Waals surface area contributed by atoms with Crippen molar-refractivity contribution < 1.29 is 28.8 Å². The summed E-state index contributed by atoms with van der Waals surface area (Å²) in [7, 11) is 10.1. The van der Waals surface area contributed by atoms with E-state index in [0.29, 0.717) is 65.7 Å². The van der Waals surface area contributed by atoms with Crippen molar-refractivity contribution >= 4 is 26.8 Å². The first-order valence-electron chi connectivity index (χ1n) is 14.0. The van der Waals surface area contributed by atoms with Gasteiger partial charge in [-0.25, -0.2) is 4.98 Å². The first kappa shape index (κ1) is 32.2. The van der Waals surface area contributed by atoms with Crippen LogP contribution in [0.3, 0.4) is 0 Å². The molecule has 0 fully saturated rings. The van der Waals surface area contributed by atoms with Crippen molar-refractivity contribution in [2.75, 3.05) is 55.7 Å². The van der Waals surface area contributed by atoms with Gasteiger partial charge in [0.25, 0.3) is 0 Å². The van der Waals surface area contributed by atoms with Gasteiger partial charge < -0.3 is 33.7 Å². The fraction of sp³-hybridized carbons (Fsp3) is 0.406. The van der Waals surface area contributed by atoms with E-state index in [1.165, 1.54) is 14.2 Å². The Hall–Kier alpha value is -3.67. The number of fused-ring (bicyclic) bond motifs is 1. The maximum Gasteiger partial charge on any atom is 0.217 e. The number of rotatable bonds is 14. The van der Waals surface area contributed by atoms with Crippen LogP contribution < -0.4 is 23.7 Å². The lowest BCUT2D eigenvalue weighted by Gasteiger charge is -2.39. The van der Waals surface area contributed by atoms with E-state index < -0.39 is 11.5 Å². The highest BCUT2D eigenvalue weighted by Crippen LogP contribution is 2.49. The van der Waals surface area contributed by atoms with Crippen LogP contribution in [0.15, 0.2) is 53.0 Å². The van der Waals surface area contributed by atoms with Crippen LogP contribution in [0.4, 0.5) is 0 Å². The third-order valence-corrected chi connectivity index (χ3v) is 7.68. The molecule has 0 aliphatic carbocycles. The van der Waals surface area contributed by atoms with Crippen molar-refractivity contribution in [2.24, 2.45) is 0 Å². The standard InChI is InChI=1S/C32H39BrN4O6/c1-8-13-43-29-17-21(16-26(36-29)39-4)30(24-15-20-14-23(33)9-10-25(20)34-31(24)42-7)32(38,11-12-37(2)3)22-18-27(40-5)35-28(19-22)41-6/h9-10,14-19,30,38H,8,11-13H2,1-7H3/t30-,32-/m1/s1. The third-order valence-electron chi connectivity index (χ3n) is 7.19. The smallest absolute Gasteiger partial charge is 0.217 e. The topological polar surface area (TPSA) is 108 Å². The molecule has 10 nitrogen and oxygen atoms in total. The van der Waals surface area contributed by atoms with E-state index in [1.807, 2.05) is 62.3 Å². The van der Waals surface area contributed by atoms with E-state index in [2.05, 4.69) is 25.9 Å². The van der Waals surface area contributed by atoms with E-state index >= 15 is 0 Å². The average molecular weight is 656 g/mol. The fourth-order valence-corrected chi connectivity index (χ4v) is 5.45. The summed E-state index contributed by atoms with van der Waals surface area (Å²) in [5.74, 6) is 0.991. The van der Waals surface area contributed by atoms with Gasteiger partial charge in [-0.3, -0.25) is 0 Å². The number of nitrogens with zero attached hydrogens (tertiary/aromatic N) is 4. The number of hydrogen-bond donors (Lipinski definition) is 1. The zero-order chi connectivity index (χ0) is 31.1. The SMILES string of the molecule is CCCOc1cc([C@H](c2cc3cc(Br)ccc3nc2OC)[C@@](O)(CCN(C)C)c2cc(OC)nc(OC)c2)cc(OC)n1. The van der Waals surface area contributed by atoms with E-state index in [1.54, 1.807) is 26.4 Å². The minimum absolute atomic E-state index is 0.309. The highest BCUT2D eigenvalue weighted by Gasteiger charge is 2.43. The molecule has 0 aliphatic rings. The number of halogens is 1. The Kier molecular flexibility index (Phi) is 10.6. The summed E-state index contributed by atoms with van der Waals surface area (Å²) in [6, 6.07) is 15.0. The molecule has 0 amide bonds. The maximum absolute atomic E-state index is 13.2. The number of aliphatic hydroxyl groups is 1. The molecule has 0 radical (unpaired) electrons. The summed E-state index contributed by atoms with van der Waals surface area (Å²) in [6.07, 6.45) is 1.12. The van der Waals surface area contributed by atoms with E-state index in [4.69, 9.17) is 28.7 Å². The van der Waals surface area contributed by atoms with Gasteiger partial charge in [-0.2, -0.15) is 9.97 Å². The van der Waals surface area contributed by atoms with Crippen molar-refractivity contribution in [3.63, 3.8) is 0 Å². The summed E-state index contributed by atoms with van der Waals surface area (Å²) < 4.78 is 29.4. The van der Waals surface area contributed by atoms with Crippen LogP contribution in [-0.4, -0.2) is 80.6 Å². The van der Waals surface area contributed by atoms with Crippen LogP contribution in [0, 0.1) is 0 Å². The molecular formula is C32H39BrN4O6. The Bertz CT molecular complexity index is 1530. The van der Waals surface area contributed by atoms with E-state index in [9.17, 15) is 5.11 Å². The lowest BCUT2D eigenvalue weighted by atomic mass is 9.72. The van der Waals surface area contributed by atoms with Gasteiger partial charge in [-0.15, -0.1) is 0 Å². The first-order valence-corrected chi connectivity index (χ1v) is 14.8. The molecule has 1 aromatic carbocycles. The molecule has 0 unspecified atom stereocenters. The van der Waals surface area contributed by atoms with Crippen LogP contribution in [0.5, 0.6) is 29.4 Å². The molecule has 11 heteroatoms. The Morgan fingerprint density at radius 3 is 2.07 bits per heavy atom. The Morgan fingerprint density at radius 2 is 1.47 bits per heavy atom. The monoisotopic (exact) mass is 654 g/mol. The van der Waals surface area contributed by atoms with Crippen LogP contribution in [0.2, 0.25) is 0 Å². The molecule has 0 saturated heterocycles. The molecule has 0 spiro atoms. The van der Waals surface area contributed by atoms with Crippen LogP contribution in [0.25, 0.3) is 10.9 Å². The molecule has 0 aliphatic heterocycles. The predicted molar refractivity (Wildman–Crippen MR) is 169 cm³/mol. The molecule has 0 bridgehead atoms. The molecule has 43 heavy (non-hydrogen) atoms. The number of hydrogen-bond acceptors (Lipinski definition) is 10. The zero-order valence-electron chi connectivity index (χ0n) is 25.7. The van der Waals surface area contributed by atoms with Gasteiger partial charge in [0.1, 0.15) is 5.60 Å². The Labute approximate surface area is 261 Å². The highest BCUT2D eigenvalue weighted by molar-refractivity contribution is 9.10. The first-order chi connectivity index (χ1) is 20.6. The fourth-order valence-electron chi connectivity index (χ4n) is 5.07. The zero-order valence-corrected chi connectivity index (χ0v) is 27.3. The number of pyridine rings is 3.